The molecule has 0 spiro atoms. The number of hydrogen-bond acceptors (Lipinski definition) is 4. The molecular formula is C16H20N2O2S. The van der Waals surface area contributed by atoms with Gasteiger partial charge in [-0.1, -0.05) is 18.3 Å². The molecule has 112 valence electrons. The second-order valence-corrected chi connectivity index (χ2v) is 5.29. The molecule has 0 fully saturated rings. The fraction of sp³-hybridized carbons (Fsp3) is 0.375. The number of rotatable bonds is 5. The van der Waals surface area contributed by atoms with E-state index in [0.717, 1.165) is 34.0 Å². The van der Waals surface area contributed by atoms with Gasteiger partial charge in [0.2, 0.25) is 0 Å². The van der Waals surface area contributed by atoms with Gasteiger partial charge in [-0.3, -0.25) is 0 Å². The molecule has 2 rings (SSSR count). The molecule has 0 unspecified atom stereocenters. The van der Waals surface area contributed by atoms with Gasteiger partial charge in [-0.25, -0.2) is 4.98 Å². The highest BCUT2D eigenvalue weighted by Gasteiger charge is 2.12. The molecule has 21 heavy (non-hydrogen) atoms. The first-order valence-corrected chi connectivity index (χ1v) is 7.29. The van der Waals surface area contributed by atoms with Gasteiger partial charge < -0.3 is 14.5 Å². The molecule has 0 saturated heterocycles. The molecule has 0 bridgehead atoms. The van der Waals surface area contributed by atoms with Crippen LogP contribution in [-0.2, 0) is 11.3 Å². The highest BCUT2D eigenvalue weighted by atomic mass is 32.1. The Labute approximate surface area is 130 Å². The third-order valence-corrected chi connectivity index (χ3v) is 3.38. The zero-order valence-corrected chi connectivity index (χ0v) is 13.6. The zero-order valence-electron chi connectivity index (χ0n) is 12.8. The second kappa shape index (κ2) is 6.83. The van der Waals surface area contributed by atoms with E-state index in [1.54, 1.807) is 7.11 Å². The first-order chi connectivity index (χ1) is 10.0. The minimum absolute atomic E-state index is 0.418. The van der Waals surface area contributed by atoms with Crippen LogP contribution in [0, 0.1) is 18.5 Å². The summed E-state index contributed by atoms with van der Waals surface area (Å²) in [6, 6.07) is 5.99. The zero-order chi connectivity index (χ0) is 15.4. The van der Waals surface area contributed by atoms with Crippen LogP contribution in [-0.4, -0.2) is 23.7 Å². The number of aromatic amines is 1. The Balaban J connectivity index is 2.56. The Bertz CT molecular complexity index is 695. The first kappa shape index (κ1) is 15.7. The van der Waals surface area contributed by atoms with Crippen LogP contribution in [0.4, 0.5) is 0 Å². The maximum atomic E-state index is 5.52. The Morgan fingerprint density at radius 2 is 2.00 bits per heavy atom. The van der Waals surface area contributed by atoms with E-state index >= 15 is 0 Å². The number of methoxy groups -OCH3 is 1. The lowest BCUT2D eigenvalue weighted by molar-refractivity contribution is 0.128. The Kier molecular flexibility index (Phi) is 5.09. The van der Waals surface area contributed by atoms with Crippen molar-refractivity contribution in [3.05, 3.63) is 39.8 Å². The van der Waals surface area contributed by atoms with Crippen molar-refractivity contribution in [1.29, 1.82) is 0 Å². The quantitative estimate of drug-likeness (QED) is 0.849. The standard InChI is InChI=1S/C16H20N2O2S/c1-5-20-9-14-17-12(8-15(21)18-14)16-11(3)6-10(2)7-13(16)19-4/h6-8H,5,9H2,1-4H3,(H,17,18,21). The monoisotopic (exact) mass is 304 g/mol. The van der Waals surface area contributed by atoms with E-state index in [4.69, 9.17) is 21.7 Å². The molecule has 1 aromatic carbocycles. The minimum atomic E-state index is 0.418. The summed E-state index contributed by atoms with van der Waals surface area (Å²) in [5.41, 5.74) is 4.20. The number of nitrogens with zero attached hydrogens (tertiary/aromatic N) is 1. The molecule has 5 heteroatoms. The first-order valence-electron chi connectivity index (χ1n) is 6.88. The third-order valence-electron chi connectivity index (χ3n) is 3.17. The smallest absolute Gasteiger partial charge is 0.134 e. The topological polar surface area (TPSA) is 47.1 Å². The molecule has 0 atom stereocenters. The van der Waals surface area contributed by atoms with Crippen LogP contribution < -0.4 is 4.74 Å². The summed E-state index contributed by atoms with van der Waals surface area (Å²) < 4.78 is 11.5. The molecule has 1 N–H and O–H groups in total. The highest BCUT2D eigenvalue weighted by Crippen LogP contribution is 2.33. The second-order valence-electron chi connectivity index (χ2n) is 4.88. The Morgan fingerprint density at radius 1 is 1.24 bits per heavy atom. The van der Waals surface area contributed by atoms with E-state index in [0.29, 0.717) is 17.9 Å². The van der Waals surface area contributed by atoms with Crippen LogP contribution >= 0.6 is 12.2 Å². The molecule has 0 amide bonds. The average molecular weight is 304 g/mol. The Morgan fingerprint density at radius 3 is 2.67 bits per heavy atom. The SMILES string of the molecule is CCOCc1nc(=S)cc(-c2c(C)cc(C)cc2OC)[nH]1. The molecule has 0 saturated carbocycles. The van der Waals surface area contributed by atoms with Crippen molar-refractivity contribution in [2.75, 3.05) is 13.7 Å². The lowest BCUT2D eigenvalue weighted by Crippen LogP contribution is -2.02. The minimum Gasteiger partial charge on any atom is -0.496 e. The van der Waals surface area contributed by atoms with Gasteiger partial charge in [0.25, 0.3) is 0 Å². The molecule has 0 aliphatic heterocycles. The van der Waals surface area contributed by atoms with Crippen molar-refractivity contribution in [3.63, 3.8) is 0 Å². The molecule has 1 aromatic heterocycles. The molecule has 0 aliphatic rings. The molecule has 1 heterocycles. The lowest BCUT2D eigenvalue weighted by Gasteiger charge is -2.14. The van der Waals surface area contributed by atoms with Gasteiger partial charge in [-0.2, -0.15) is 0 Å². The van der Waals surface area contributed by atoms with E-state index in [1.807, 2.05) is 19.1 Å². The van der Waals surface area contributed by atoms with E-state index in [-0.39, 0.29) is 0 Å². The van der Waals surface area contributed by atoms with Gasteiger partial charge in [-0.05, 0) is 44.0 Å². The van der Waals surface area contributed by atoms with Gasteiger partial charge in [-0.15, -0.1) is 0 Å². The predicted molar refractivity (Wildman–Crippen MR) is 86.2 cm³/mol. The summed E-state index contributed by atoms with van der Waals surface area (Å²) in [6.07, 6.45) is 0. The van der Waals surface area contributed by atoms with Crippen molar-refractivity contribution < 1.29 is 9.47 Å². The van der Waals surface area contributed by atoms with E-state index in [9.17, 15) is 0 Å². The molecule has 4 nitrogen and oxygen atoms in total. The van der Waals surface area contributed by atoms with Gasteiger partial charge >= 0.3 is 0 Å². The van der Waals surface area contributed by atoms with Crippen LogP contribution in [0.25, 0.3) is 11.3 Å². The molecule has 2 aromatic rings. The van der Waals surface area contributed by atoms with E-state index in [2.05, 4.69) is 29.9 Å². The number of aromatic nitrogens is 2. The number of benzene rings is 1. The van der Waals surface area contributed by atoms with Crippen LogP contribution in [0.3, 0.4) is 0 Å². The summed E-state index contributed by atoms with van der Waals surface area (Å²) in [4.78, 5) is 7.58. The van der Waals surface area contributed by atoms with E-state index in [1.165, 1.54) is 0 Å². The highest BCUT2D eigenvalue weighted by molar-refractivity contribution is 7.71. The predicted octanol–water partition coefficient (Wildman–Crippen LogP) is 3.97. The van der Waals surface area contributed by atoms with Crippen LogP contribution in [0.5, 0.6) is 5.75 Å². The van der Waals surface area contributed by atoms with Gasteiger partial charge in [0, 0.05) is 12.2 Å². The number of hydrogen-bond donors (Lipinski definition) is 1. The van der Waals surface area contributed by atoms with Crippen LogP contribution in [0.15, 0.2) is 18.2 Å². The maximum absolute atomic E-state index is 5.52. The maximum Gasteiger partial charge on any atom is 0.134 e. The van der Waals surface area contributed by atoms with Crippen molar-refractivity contribution in [2.24, 2.45) is 0 Å². The molecule has 0 radical (unpaired) electrons. The largest absolute Gasteiger partial charge is 0.496 e. The average Bonchev–Trinajstić information content (AvgIpc) is 2.43. The van der Waals surface area contributed by atoms with E-state index < -0.39 is 0 Å². The van der Waals surface area contributed by atoms with Crippen molar-refractivity contribution in [3.8, 4) is 17.0 Å². The fourth-order valence-corrected chi connectivity index (χ4v) is 2.57. The third kappa shape index (κ3) is 3.68. The number of H-pyrrole nitrogens is 1. The Hall–Kier alpha value is -1.72. The molecule has 0 aliphatic carbocycles. The van der Waals surface area contributed by atoms with Crippen molar-refractivity contribution in [2.45, 2.75) is 27.4 Å². The molecular weight excluding hydrogens is 284 g/mol. The van der Waals surface area contributed by atoms with Crippen molar-refractivity contribution in [1.82, 2.24) is 9.97 Å². The summed E-state index contributed by atoms with van der Waals surface area (Å²) in [5, 5.41) is 0. The van der Waals surface area contributed by atoms with Crippen LogP contribution in [0.2, 0.25) is 0 Å². The van der Waals surface area contributed by atoms with Gasteiger partial charge in [0.05, 0.1) is 12.8 Å². The lowest BCUT2D eigenvalue weighted by atomic mass is 10.0. The fourth-order valence-electron chi connectivity index (χ4n) is 2.34. The van der Waals surface area contributed by atoms with Crippen LogP contribution in [0.1, 0.15) is 23.9 Å². The normalized spacial score (nSPS) is 10.7. The summed E-state index contributed by atoms with van der Waals surface area (Å²) in [7, 11) is 1.68. The summed E-state index contributed by atoms with van der Waals surface area (Å²) in [5.74, 6) is 1.55. The van der Waals surface area contributed by atoms with Gasteiger partial charge in [0.1, 0.15) is 22.8 Å². The number of aryl methyl sites for hydroxylation is 2. The van der Waals surface area contributed by atoms with Gasteiger partial charge in [0.15, 0.2) is 0 Å². The summed E-state index contributed by atoms with van der Waals surface area (Å²) >= 11 is 5.26. The number of ether oxygens (including phenoxy) is 2. The summed E-state index contributed by atoms with van der Waals surface area (Å²) in [6.45, 7) is 7.12. The van der Waals surface area contributed by atoms with Crippen molar-refractivity contribution >= 4 is 12.2 Å². The number of nitrogens with one attached hydrogen (secondary N) is 1.